The van der Waals surface area contributed by atoms with Gasteiger partial charge in [0, 0.05) is 43.8 Å². The van der Waals surface area contributed by atoms with Crippen molar-refractivity contribution in [3.63, 3.8) is 0 Å². The Balaban J connectivity index is 1.46. The van der Waals surface area contributed by atoms with E-state index in [-0.39, 0.29) is 0 Å². The van der Waals surface area contributed by atoms with Crippen LogP contribution in [0.15, 0.2) is 152 Å². The van der Waals surface area contributed by atoms with Crippen LogP contribution in [-0.4, -0.2) is 24.3 Å². The van der Waals surface area contributed by atoms with E-state index in [1.54, 1.807) is 0 Å². The first kappa shape index (κ1) is 30.1. The zero-order chi connectivity index (χ0) is 35.5. The van der Waals surface area contributed by atoms with Crippen LogP contribution in [0.4, 0.5) is 0 Å². The molecule has 0 aliphatic rings. The van der Waals surface area contributed by atoms with E-state index < -0.39 is 0 Å². The predicted molar refractivity (Wildman–Crippen MR) is 210 cm³/mol. The molecule has 6 aromatic carbocycles. The molecule has 53 heavy (non-hydrogen) atoms. The molecule has 7 nitrogen and oxygen atoms in total. The van der Waals surface area contributed by atoms with Crippen LogP contribution < -0.4 is 0 Å². The van der Waals surface area contributed by atoms with Crippen LogP contribution in [-0.2, 0) is 0 Å². The number of hydrogen-bond donors (Lipinski definition) is 0. The van der Waals surface area contributed by atoms with Crippen LogP contribution in [0.1, 0.15) is 11.1 Å². The molecule has 244 valence electrons. The molecule has 0 N–H and O–H groups in total. The van der Waals surface area contributed by atoms with Crippen LogP contribution in [0.2, 0.25) is 0 Å². The fourth-order valence-electron chi connectivity index (χ4n) is 7.39. The van der Waals surface area contributed by atoms with Gasteiger partial charge in [0.25, 0.3) is 0 Å². The molecule has 0 spiro atoms. The molecule has 0 saturated heterocycles. The maximum Gasteiger partial charge on any atom is 0.162 e. The van der Waals surface area contributed by atoms with Crippen LogP contribution in [0.3, 0.4) is 0 Å². The lowest BCUT2D eigenvalue weighted by atomic mass is 10.0. The van der Waals surface area contributed by atoms with Gasteiger partial charge in [0.2, 0.25) is 0 Å². The Morgan fingerprint density at radius 3 is 1.79 bits per heavy atom. The monoisotopic (exact) mass is 675 g/mol. The number of rotatable bonds is 4. The summed E-state index contributed by atoms with van der Waals surface area (Å²) >= 11 is 0. The largest absolute Gasteiger partial charge is 0.308 e. The average Bonchev–Trinajstić information content (AvgIpc) is 3.56. The molecule has 7 heteroatoms. The molecule has 0 atom stereocenters. The lowest BCUT2D eigenvalue weighted by molar-refractivity contribution is 1.18. The highest BCUT2D eigenvalue weighted by atomic mass is 14.9. The summed E-state index contributed by atoms with van der Waals surface area (Å²) in [6, 6.07) is 54.7. The standard InChI is InChI=1S/C46H25N7/c47-26-28-20-36(41-25-38(29-12-4-1-5-13-29)49-45(51-41)31-16-8-3-9-17-31)44-37(21-28)46-50-39(30-14-6-2-7-15-30)24-40(52-46)34-23-43-35(22-32(34)27-48)33-18-10-11-19-42(33)53(43)44/h1-25H. The maximum absolute atomic E-state index is 10.6. The van der Waals surface area contributed by atoms with Crippen molar-refractivity contribution in [2.75, 3.05) is 0 Å². The molecule has 0 fully saturated rings. The van der Waals surface area contributed by atoms with Crippen LogP contribution >= 0.6 is 0 Å². The van der Waals surface area contributed by atoms with Gasteiger partial charge in [-0.05, 0) is 42.5 Å². The molecule has 0 aliphatic heterocycles. The number of hydrogen-bond acceptors (Lipinski definition) is 6. The average molecular weight is 676 g/mol. The summed E-state index contributed by atoms with van der Waals surface area (Å²) in [5.41, 5.74) is 10.2. The van der Waals surface area contributed by atoms with Crippen molar-refractivity contribution in [1.82, 2.24) is 24.3 Å². The van der Waals surface area contributed by atoms with Gasteiger partial charge >= 0.3 is 0 Å². The molecule has 0 saturated carbocycles. The van der Waals surface area contributed by atoms with E-state index in [1.165, 1.54) is 0 Å². The second kappa shape index (κ2) is 11.9. The molecule has 0 aliphatic carbocycles. The predicted octanol–water partition coefficient (Wildman–Crippen LogP) is 10.5. The summed E-state index contributed by atoms with van der Waals surface area (Å²) in [4.78, 5) is 20.6. The second-order valence-corrected chi connectivity index (χ2v) is 12.9. The molecule has 0 amide bonds. The van der Waals surface area contributed by atoms with Gasteiger partial charge in [-0.1, -0.05) is 109 Å². The number of nitrogens with zero attached hydrogens (tertiary/aromatic N) is 7. The molecule has 10 rings (SSSR count). The zero-order valence-corrected chi connectivity index (χ0v) is 28.1. The van der Waals surface area contributed by atoms with Crippen molar-refractivity contribution in [1.29, 1.82) is 10.5 Å². The van der Waals surface area contributed by atoms with E-state index in [4.69, 9.17) is 19.9 Å². The van der Waals surface area contributed by atoms with Crippen molar-refractivity contribution >= 4 is 49.3 Å². The van der Waals surface area contributed by atoms with Gasteiger partial charge in [-0.15, -0.1) is 0 Å². The topological polar surface area (TPSA) is 104 Å². The Labute approximate surface area is 303 Å². The number of aromatic nitrogens is 5. The molecule has 10 aromatic rings. The van der Waals surface area contributed by atoms with Crippen molar-refractivity contribution in [2.24, 2.45) is 0 Å². The second-order valence-electron chi connectivity index (χ2n) is 12.9. The molecular formula is C46H25N7. The van der Waals surface area contributed by atoms with Crippen molar-refractivity contribution < 1.29 is 0 Å². The van der Waals surface area contributed by atoms with Crippen molar-refractivity contribution in [2.45, 2.75) is 0 Å². The minimum atomic E-state index is 0.437. The van der Waals surface area contributed by atoms with Gasteiger partial charge in [0.1, 0.15) is 0 Å². The summed E-state index contributed by atoms with van der Waals surface area (Å²) in [6.45, 7) is 0. The zero-order valence-electron chi connectivity index (χ0n) is 28.1. The minimum absolute atomic E-state index is 0.437. The van der Waals surface area contributed by atoms with Gasteiger partial charge in [0.05, 0.1) is 62.4 Å². The molecule has 4 heterocycles. The highest BCUT2D eigenvalue weighted by Crippen LogP contribution is 2.40. The third-order valence-corrected chi connectivity index (χ3v) is 9.81. The van der Waals surface area contributed by atoms with E-state index in [0.717, 1.165) is 55.3 Å². The number of benzene rings is 6. The Morgan fingerprint density at radius 1 is 0.453 bits per heavy atom. The Bertz CT molecular complexity index is 3120. The fourth-order valence-corrected chi connectivity index (χ4v) is 7.39. The van der Waals surface area contributed by atoms with E-state index in [1.807, 2.05) is 133 Å². The maximum atomic E-state index is 10.6. The van der Waals surface area contributed by atoms with Crippen LogP contribution in [0.5, 0.6) is 0 Å². The van der Waals surface area contributed by atoms with Crippen molar-refractivity contribution in [3.8, 4) is 57.3 Å². The Kier molecular flexibility index (Phi) is 6.79. The van der Waals surface area contributed by atoms with Crippen molar-refractivity contribution in [3.05, 3.63) is 163 Å². The van der Waals surface area contributed by atoms with Gasteiger partial charge < -0.3 is 4.40 Å². The summed E-state index contributed by atoms with van der Waals surface area (Å²) in [7, 11) is 0. The molecule has 4 aromatic heterocycles. The Hall–Kier alpha value is -7.74. The van der Waals surface area contributed by atoms with E-state index in [2.05, 4.69) is 34.7 Å². The minimum Gasteiger partial charge on any atom is -0.308 e. The number of para-hydroxylation sites is 1. The number of nitriles is 2. The summed E-state index contributed by atoms with van der Waals surface area (Å²) in [5.74, 6) is 0.564. The van der Waals surface area contributed by atoms with E-state index in [9.17, 15) is 10.5 Å². The molecule has 0 radical (unpaired) electrons. The van der Waals surface area contributed by atoms with Gasteiger partial charge in [-0.25, -0.2) is 19.9 Å². The van der Waals surface area contributed by atoms with E-state index >= 15 is 0 Å². The highest BCUT2D eigenvalue weighted by molar-refractivity contribution is 6.15. The van der Waals surface area contributed by atoms with Gasteiger partial charge in [-0.3, -0.25) is 0 Å². The summed E-state index contributed by atoms with van der Waals surface area (Å²) < 4.78 is 2.22. The van der Waals surface area contributed by atoms with Gasteiger partial charge in [-0.2, -0.15) is 10.5 Å². The highest BCUT2D eigenvalue weighted by Gasteiger charge is 2.21. The molecular weight excluding hydrogens is 651 g/mol. The normalized spacial score (nSPS) is 11.4. The quantitative estimate of drug-likeness (QED) is 0.184. The third-order valence-electron chi connectivity index (χ3n) is 9.81. The molecule has 0 unspecified atom stereocenters. The summed E-state index contributed by atoms with van der Waals surface area (Å²) in [6.07, 6.45) is 0. The van der Waals surface area contributed by atoms with Crippen LogP contribution in [0.25, 0.3) is 94.4 Å². The van der Waals surface area contributed by atoms with E-state index in [0.29, 0.717) is 50.3 Å². The smallest absolute Gasteiger partial charge is 0.162 e. The lowest BCUT2D eigenvalue weighted by Crippen LogP contribution is -1.99. The first-order chi connectivity index (χ1) is 26.2. The van der Waals surface area contributed by atoms with Crippen LogP contribution in [0, 0.1) is 22.7 Å². The Morgan fingerprint density at radius 2 is 1.09 bits per heavy atom. The third kappa shape index (κ3) is 4.88. The fraction of sp³-hybridized carbons (Fsp3) is 0. The lowest BCUT2D eigenvalue weighted by Gasteiger charge is -2.13. The van der Waals surface area contributed by atoms with Gasteiger partial charge in [0.15, 0.2) is 11.5 Å². The first-order valence-corrected chi connectivity index (χ1v) is 17.2. The number of fused-ring (bicyclic) bond motifs is 10. The molecule has 4 bridgehead atoms. The summed E-state index contributed by atoms with van der Waals surface area (Å²) in [5, 5.41) is 24.4. The first-order valence-electron chi connectivity index (χ1n) is 17.2. The SMILES string of the molecule is N#Cc1cc(-c2cc(-c3ccccc3)nc(-c3ccccc3)n2)c2c(c1)c1nc(-c3ccccc3)cc(n1)c1cc3c(cc1C#N)c1ccccc1n32.